The second kappa shape index (κ2) is 14.8. The van der Waals surface area contributed by atoms with Crippen molar-refractivity contribution >= 4 is 80.1 Å². The molecule has 4 aliphatic rings. The number of nitrogens with zero attached hydrogens (tertiary/aromatic N) is 5. The van der Waals surface area contributed by atoms with E-state index in [1.54, 1.807) is 23.2 Å². The van der Waals surface area contributed by atoms with E-state index in [9.17, 15) is 19.5 Å². The molecule has 2 unspecified atom stereocenters. The number of oxime groups is 1. The summed E-state index contributed by atoms with van der Waals surface area (Å²) in [4.78, 5) is 52.7. The topological polar surface area (TPSA) is 166 Å². The molecule has 3 fully saturated rings. The van der Waals surface area contributed by atoms with Gasteiger partial charge in [0.2, 0.25) is 5.52 Å². The molecule has 3 aliphatic heterocycles. The van der Waals surface area contributed by atoms with E-state index in [-0.39, 0.29) is 40.7 Å². The number of β-lactam (4-membered cyclic amide) rings is 1. The van der Waals surface area contributed by atoms with Crippen LogP contribution in [-0.2, 0) is 19.2 Å². The van der Waals surface area contributed by atoms with Gasteiger partial charge in [0.15, 0.2) is 23.1 Å². The van der Waals surface area contributed by atoms with Crippen molar-refractivity contribution in [3.8, 4) is 0 Å². The first-order valence-corrected chi connectivity index (χ1v) is 19.6. The number of carboxylic acid groups (broad SMARTS) is 1. The van der Waals surface area contributed by atoms with Crippen LogP contribution >= 0.6 is 34.9 Å². The van der Waals surface area contributed by atoms with Gasteiger partial charge < -0.3 is 31.2 Å². The maximum atomic E-state index is 15.8. The van der Waals surface area contributed by atoms with E-state index >= 15 is 4.39 Å². The molecular formula is C34H38FN8O5S3+. The summed E-state index contributed by atoms with van der Waals surface area (Å²) < 4.78 is 18.0. The zero-order chi connectivity index (χ0) is 35.8. The molecule has 5 heterocycles. The predicted octanol–water partition coefficient (Wildman–Crippen LogP) is 3.27. The predicted molar refractivity (Wildman–Crippen MR) is 196 cm³/mol. The molecule has 17 heteroatoms. The van der Waals surface area contributed by atoms with Gasteiger partial charge in [-0.3, -0.25) is 14.5 Å². The van der Waals surface area contributed by atoms with E-state index in [1.807, 2.05) is 12.1 Å². The van der Waals surface area contributed by atoms with Crippen LogP contribution in [0.5, 0.6) is 0 Å². The maximum Gasteiger partial charge on any atom is 0.352 e. The number of nitrogens with one attached hydrogen (secondary N) is 2. The van der Waals surface area contributed by atoms with E-state index in [0.717, 1.165) is 59.6 Å². The zero-order valence-corrected chi connectivity index (χ0v) is 30.3. The minimum absolute atomic E-state index is 0.0494. The molecule has 0 bridgehead atoms. The summed E-state index contributed by atoms with van der Waals surface area (Å²) >= 11 is 4.05. The van der Waals surface area contributed by atoms with Gasteiger partial charge in [-0.2, -0.15) is 4.57 Å². The van der Waals surface area contributed by atoms with Gasteiger partial charge in [-0.05, 0) is 25.0 Å². The lowest BCUT2D eigenvalue weighted by Gasteiger charge is -2.49. The molecule has 3 aromatic rings. The fourth-order valence-electron chi connectivity index (χ4n) is 6.62. The number of carboxylic acids is 1. The summed E-state index contributed by atoms with van der Waals surface area (Å²) in [6, 6.07) is 5.25. The number of fused-ring (bicyclic) bond motifs is 2. The van der Waals surface area contributed by atoms with Gasteiger partial charge in [-0.1, -0.05) is 17.8 Å². The molecule has 268 valence electrons. The van der Waals surface area contributed by atoms with Crippen molar-refractivity contribution in [3.05, 3.63) is 65.2 Å². The molecule has 1 aromatic carbocycles. The number of pyridine rings is 1. The Kier molecular flexibility index (Phi) is 10.2. The van der Waals surface area contributed by atoms with E-state index in [4.69, 9.17) is 10.6 Å². The highest BCUT2D eigenvalue weighted by Gasteiger charge is 2.54. The molecule has 1 saturated carbocycles. The number of hydrogen-bond donors (Lipinski definition) is 4. The van der Waals surface area contributed by atoms with Crippen molar-refractivity contribution in [1.29, 1.82) is 0 Å². The van der Waals surface area contributed by atoms with Crippen molar-refractivity contribution in [2.24, 2.45) is 5.16 Å². The lowest BCUT2D eigenvalue weighted by Crippen LogP contribution is -2.71. The van der Waals surface area contributed by atoms with Crippen molar-refractivity contribution < 1.29 is 33.3 Å². The summed E-state index contributed by atoms with van der Waals surface area (Å²) in [7, 11) is 0. The number of nitrogens with two attached hydrogens (primary N) is 1. The molecular weight excluding hydrogens is 716 g/mol. The normalized spacial score (nSPS) is 22.1. The second-order valence-corrected chi connectivity index (χ2v) is 15.8. The number of halogens is 1. The maximum absolute atomic E-state index is 15.8. The van der Waals surface area contributed by atoms with Crippen molar-refractivity contribution in [3.63, 3.8) is 0 Å². The molecule has 0 spiro atoms. The number of piperazine rings is 1. The number of thiazole rings is 1. The average Bonchev–Trinajstić information content (AvgIpc) is 3.87. The monoisotopic (exact) mass is 753 g/mol. The standard InChI is InChI=1S/C34H37FN8O5S3/c1-3-11-48-40-27(23-17-51-34(36)38-23)30(44)39-28-31(45)43-29(33(46)47)19(16-50-32(28)43)7-12-49-26-6-9-42(20-4-5-20)24-14-25(22(35)13-21(24)26)41-10-8-37-15-18(41)2/h3,6,9,13-14,17-18,20,28,32,37H,1,4-5,7-8,10-12,15-16H2,2H3,(H3-,36,38,39,44,46,47)/p+1/b40-27-/t18?,28?,32-/m0/s1. The van der Waals surface area contributed by atoms with Crippen LogP contribution in [-0.4, -0.2) is 93.7 Å². The number of hydrogen-bond acceptors (Lipinski definition) is 12. The van der Waals surface area contributed by atoms with E-state index in [2.05, 4.69) is 49.9 Å². The summed E-state index contributed by atoms with van der Waals surface area (Å²) in [6.45, 7) is 8.04. The Bertz CT molecular complexity index is 1970. The summed E-state index contributed by atoms with van der Waals surface area (Å²) in [5, 5.41) is 22.2. The number of carbonyl (C=O) groups excluding carboxylic acids is 2. The molecule has 2 amide bonds. The van der Waals surface area contributed by atoms with E-state index < -0.39 is 29.2 Å². The first kappa shape index (κ1) is 35.2. The van der Waals surface area contributed by atoms with Crippen LogP contribution in [0.4, 0.5) is 15.2 Å². The van der Waals surface area contributed by atoms with E-state index in [0.29, 0.717) is 35.2 Å². The number of aromatic nitrogens is 2. The quantitative estimate of drug-likeness (QED) is 0.0385. The fraction of sp³-hybridized carbons (Fsp3) is 0.412. The van der Waals surface area contributed by atoms with Gasteiger partial charge >= 0.3 is 5.97 Å². The highest BCUT2D eigenvalue weighted by atomic mass is 32.2. The highest BCUT2D eigenvalue weighted by molar-refractivity contribution is 8.00. The van der Waals surface area contributed by atoms with Gasteiger partial charge in [-0.15, -0.1) is 34.9 Å². The lowest BCUT2D eigenvalue weighted by atomic mass is 10.0. The fourth-order valence-corrected chi connectivity index (χ4v) is 9.60. The lowest BCUT2D eigenvalue weighted by molar-refractivity contribution is -0.675. The molecule has 0 radical (unpaired) electrons. The molecule has 2 aromatic heterocycles. The van der Waals surface area contributed by atoms with Gasteiger partial charge in [0, 0.05) is 72.4 Å². The van der Waals surface area contributed by atoms with E-state index in [1.165, 1.54) is 22.7 Å². The molecule has 13 nitrogen and oxygen atoms in total. The van der Waals surface area contributed by atoms with Crippen LogP contribution in [0.25, 0.3) is 10.9 Å². The Morgan fingerprint density at radius 2 is 2.20 bits per heavy atom. The van der Waals surface area contributed by atoms with Gasteiger partial charge in [0.05, 0.1) is 11.1 Å². The Morgan fingerprint density at radius 3 is 2.90 bits per heavy atom. The molecule has 51 heavy (non-hydrogen) atoms. The third-order valence-electron chi connectivity index (χ3n) is 9.27. The third-order valence-corrected chi connectivity index (χ3v) is 12.4. The minimum Gasteiger partial charge on any atom is -0.477 e. The molecule has 2 saturated heterocycles. The third kappa shape index (κ3) is 7.03. The number of thioether (sulfide) groups is 2. The van der Waals surface area contributed by atoms with Crippen LogP contribution in [0.2, 0.25) is 0 Å². The summed E-state index contributed by atoms with van der Waals surface area (Å²) in [6.07, 6.45) is 6.13. The van der Waals surface area contributed by atoms with Gasteiger partial charge in [0.1, 0.15) is 35.2 Å². The number of nitrogen functional groups attached to an aromatic ring is 1. The number of aliphatic carboxylic acids is 1. The van der Waals surface area contributed by atoms with Crippen LogP contribution in [0.15, 0.2) is 63.8 Å². The van der Waals surface area contributed by atoms with Gasteiger partial charge in [0.25, 0.3) is 11.8 Å². The molecule has 7 rings (SSSR count). The number of rotatable bonds is 13. The zero-order valence-electron chi connectivity index (χ0n) is 27.8. The first-order chi connectivity index (χ1) is 24.7. The molecule has 1 aliphatic carbocycles. The van der Waals surface area contributed by atoms with Gasteiger partial charge in [-0.25, -0.2) is 14.2 Å². The Morgan fingerprint density at radius 1 is 1.37 bits per heavy atom. The SMILES string of the molecule is C=CCO/N=C(\C(=O)NC1C(=O)N2C(C(=O)O)=C(CCSc3cc[n+](C4CC4)c4cc(N5CCNCC5C)c(F)cc34)CS[C@@H]12)c1csc(N)n1. The highest BCUT2D eigenvalue weighted by Crippen LogP contribution is 2.42. The summed E-state index contributed by atoms with van der Waals surface area (Å²) in [5.74, 6) is -1.79. The van der Waals surface area contributed by atoms with Crippen molar-refractivity contribution in [2.75, 3.05) is 48.4 Å². The Hall–Kier alpha value is -4.19. The smallest absolute Gasteiger partial charge is 0.352 e. The number of anilines is 2. The second-order valence-electron chi connectivity index (χ2n) is 12.7. The molecule has 3 atom stereocenters. The van der Waals surface area contributed by atoms with Crippen LogP contribution < -0.4 is 25.8 Å². The van der Waals surface area contributed by atoms with Crippen LogP contribution in [0.1, 0.15) is 37.9 Å². The number of benzene rings is 1. The minimum atomic E-state index is -1.20. The van der Waals surface area contributed by atoms with Crippen LogP contribution in [0, 0.1) is 5.82 Å². The number of amides is 2. The van der Waals surface area contributed by atoms with Crippen molar-refractivity contribution in [1.82, 2.24) is 20.5 Å². The first-order valence-electron chi connectivity index (χ1n) is 16.7. The summed E-state index contributed by atoms with van der Waals surface area (Å²) in [5.41, 5.74) is 7.95. The average molecular weight is 754 g/mol. The Labute approximate surface area is 306 Å². The number of carbonyl (C=O) groups is 3. The molecule has 5 N–H and O–H groups in total. The largest absolute Gasteiger partial charge is 0.477 e. The van der Waals surface area contributed by atoms with Crippen LogP contribution in [0.3, 0.4) is 0 Å². The Balaban J connectivity index is 1.06. The van der Waals surface area contributed by atoms with Crippen molar-refractivity contribution in [2.45, 2.75) is 54.6 Å².